The molecule has 0 bridgehead atoms. The van der Waals surface area contributed by atoms with Crippen LogP contribution in [0.25, 0.3) is 0 Å². The number of carboxylic acid groups (broad SMARTS) is 1. The number of hydrogen-bond donors (Lipinski definition) is 2. The molecule has 0 aromatic rings. The topological polar surface area (TPSA) is 58.6 Å². The average molecular weight is 217 g/mol. The molecule has 2 N–H and O–H groups in total. The highest BCUT2D eigenvalue weighted by Gasteiger charge is 2.32. The van der Waals surface area contributed by atoms with Crippen LogP contribution in [-0.4, -0.2) is 36.4 Å². The minimum absolute atomic E-state index is 0.209. The Morgan fingerprint density at radius 2 is 2.13 bits per heavy atom. The predicted molar refractivity (Wildman–Crippen MR) is 60.0 cm³/mol. The molecule has 0 heterocycles. The van der Waals surface area contributed by atoms with E-state index in [4.69, 9.17) is 9.84 Å². The van der Waals surface area contributed by atoms with Gasteiger partial charge in [0.05, 0.1) is 6.61 Å². The Bertz CT molecular complexity index is 194. The van der Waals surface area contributed by atoms with Gasteiger partial charge in [-0.3, -0.25) is 4.79 Å². The monoisotopic (exact) mass is 217 g/mol. The van der Waals surface area contributed by atoms with E-state index in [-0.39, 0.29) is 6.61 Å². The fraction of sp³-hybridized carbons (Fsp3) is 0.909. The van der Waals surface area contributed by atoms with Crippen LogP contribution in [0.2, 0.25) is 0 Å². The van der Waals surface area contributed by atoms with Gasteiger partial charge >= 0.3 is 5.97 Å². The molecule has 0 aliphatic rings. The van der Waals surface area contributed by atoms with Crippen molar-refractivity contribution >= 4 is 5.97 Å². The summed E-state index contributed by atoms with van der Waals surface area (Å²) < 4.78 is 5.38. The van der Waals surface area contributed by atoms with Crippen LogP contribution in [0.5, 0.6) is 0 Å². The Kier molecular flexibility index (Phi) is 6.52. The molecule has 0 rings (SSSR count). The van der Waals surface area contributed by atoms with Crippen molar-refractivity contribution in [3.8, 4) is 0 Å². The Morgan fingerprint density at radius 1 is 1.53 bits per heavy atom. The molecule has 0 spiro atoms. The predicted octanol–water partition coefficient (Wildman–Crippen LogP) is 1.50. The molecule has 4 nitrogen and oxygen atoms in total. The van der Waals surface area contributed by atoms with Crippen LogP contribution >= 0.6 is 0 Å². The molecule has 0 saturated heterocycles. The summed E-state index contributed by atoms with van der Waals surface area (Å²) in [5.74, 6) is -0.436. The molecular formula is C11H23NO3. The Labute approximate surface area is 92.0 Å². The lowest BCUT2D eigenvalue weighted by atomic mass is 10.0. The van der Waals surface area contributed by atoms with Crippen molar-refractivity contribution in [1.29, 1.82) is 0 Å². The highest BCUT2D eigenvalue weighted by molar-refractivity contribution is 5.78. The lowest BCUT2D eigenvalue weighted by Gasteiger charge is -2.26. The highest BCUT2D eigenvalue weighted by Crippen LogP contribution is 2.06. The smallest absolute Gasteiger partial charge is 0.326 e. The number of carbonyl (C=O) groups is 1. The summed E-state index contributed by atoms with van der Waals surface area (Å²) in [7, 11) is 0. The Morgan fingerprint density at radius 3 is 2.53 bits per heavy atom. The largest absolute Gasteiger partial charge is 0.480 e. The second-order valence-corrected chi connectivity index (χ2v) is 4.47. The van der Waals surface area contributed by atoms with Crippen molar-refractivity contribution in [2.45, 2.75) is 39.7 Å². The van der Waals surface area contributed by atoms with Gasteiger partial charge in [0.2, 0.25) is 0 Å². The van der Waals surface area contributed by atoms with Crippen LogP contribution in [0.3, 0.4) is 0 Å². The third kappa shape index (κ3) is 5.74. The molecule has 90 valence electrons. The zero-order valence-corrected chi connectivity index (χ0v) is 10.2. The van der Waals surface area contributed by atoms with Crippen LogP contribution in [0, 0.1) is 5.92 Å². The molecule has 0 radical (unpaired) electrons. The van der Waals surface area contributed by atoms with Gasteiger partial charge in [-0.1, -0.05) is 20.8 Å². The highest BCUT2D eigenvalue weighted by atomic mass is 16.5. The van der Waals surface area contributed by atoms with Gasteiger partial charge in [-0.05, 0) is 25.8 Å². The minimum atomic E-state index is -0.967. The summed E-state index contributed by atoms with van der Waals surface area (Å²) in [6, 6.07) is 0. The van der Waals surface area contributed by atoms with E-state index in [0.717, 1.165) is 6.42 Å². The van der Waals surface area contributed by atoms with Gasteiger partial charge in [-0.15, -0.1) is 0 Å². The quantitative estimate of drug-likeness (QED) is 0.647. The van der Waals surface area contributed by atoms with Gasteiger partial charge in [-0.2, -0.15) is 0 Å². The van der Waals surface area contributed by atoms with Crippen molar-refractivity contribution in [2.75, 3.05) is 19.8 Å². The summed E-state index contributed by atoms with van der Waals surface area (Å²) in [5, 5.41) is 12.1. The minimum Gasteiger partial charge on any atom is -0.480 e. The first kappa shape index (κ1) is 14.4. The zero-order valence-electron chi connectivity index (χ0n) is 10.2. The van der Waals surface area contributed by atoms with Crippen LogP contribution in [0.15, 0.2) is 0 Å². The van der Waals surface area contributed by atoms with E-state index in [1.807, 2.05) is 20.8 Å². The van der Waals surface area contributed by atoms with E-state index in [2.05, 4.69) is 5.32 Å². The number of aliphatic carboxylic acids is 1. The first-order valence-corrected chi connectivity index (χ1v) is 5.48. The molecule has 0 aliphatic carbocycles. The molecule has 0 aliphatic heterocycles. The van der Waals surface area contributed by atoms with Crippen molar-refractivity contribution in [2.24, 2.45) is 5.92 Å². The third-order valence-electron chi connectivity index (χ3n) is 2.08. The maximum atomic E-state index is 11.1. The average Bonchev–Trinajstić information content (AvgIpc) is 2.14. The number of carboxylic acids is 1. The van der Waals surface area contributed by atoms with Crippen molar-refractivity contribution in [3.63, 3.8) is 0 Å². The van der Waals surface area contributed by atoms with Crippen LogP contribution in [-0.2, 0) is 9.53 Å². The van der Waals surface area contributed by atoms with Gasteiger partial charge in [0, 0.05) is 6.61 Å². The summed E-state index contributed by atoms with van der Waals surface area (Å²) >= 11 is 0. The van der Waals surface area contributed by atoms with Gasteiger partial charge < -0.3 is 15.2 Å². The van der Waals surface area contributed by atoms with Crippen LogP contribution < -0.4 is 5.32 Å². The SMILES string of the molecule is CCCNC(C)(COCC(C)C)C(=O)O. The zero-order chi connectivity index (χ0) is 11.9. The molecule has 0 amide bonds. The van der Waals surface area contributed by atoms with Gasteiger partial charge in [-0.25, -0.2) is 0 Å². The summed E-state index contributed by atoms with van der Waals surface area (Å²) in [6.07, 6.45) is 0.910. The fourth-order valence-electron chi connectivity index (χ4n) is 1.09. The van der Waals surface area contributed by atoms with Crippen molar-refractivity contribution in [1.82, 2.24) is 5.32 Å². The number of rotatable bonds is 8. The normalized spacial score (nSPS) is 15.3. The summed E-state index contributed by atoms with van der Waals surface area (Å²) in [5.41, 5.74) is -0.967. The Balaban J connectivity index is 4.07. The van der Waals surface area contributed by atoms with E-state index in [0.29, 0.717) is 19.1 Å². The first-order valence-electron chi connectivity index (χ1n) is 5.48. The molecule has 0 saturated carbocycles. The van der Waals surface area contributed by atoms with E-state index in [1.54, 1.807) is 6.92 Å². The second-order valence-electron chi connectivity index (χ2n) is 4.47. The van der Waals surface area contributed by atoms with Crippen LogP contribution in [0.4, 0.5) is 0 Å². The number of nitrogens with one attached hydrogen (secondary N) is 1. The van der Waals surface area contributed by atoms with Crippen molar-refractivity contribution in [3.05, 3.63) is 0 Å². The molecule has 0 fully saturated rings. The molecular weight excluding hydrogens is 194 g/mol. The first-order chi connectivity index (χ1) is 6.92. The molecule has 1 unspecified atom stereocenters. The standard InChI is InChI=1S/C11H23NO3/c1-5-6-12-11(4,10(13)14)8-15-7-9(2)3/h9,12H,5-8H2,1-4H3,(H,13,14). The lowest BCUT2D eigenvalue weighted by molar-refractivity contribution is -0.147. The fourth-order valence-corrected chi connectivity index (χ4v) is 1.09. The maximum Gasteiger partial charge on any atom is 0.326 e. The van der Waals surface area contributed by atoms with E-state index in [9.17, 15) is 4.79 Å². The molecule has 0 aromatic heterocycles. The van der Waals surface area contributed by atoms with E-state index < -0.39 is 11.5 Å². The number of ether oxygens (including phenoxy) is 1. The van der Waals surface area contributed by atoms with Crippen LogP contribution in [0.1, 0.15) is 34.1 Å². The maximum absolute atomic E-state index is 11.1. The van der Waals surface area contributed by atoms with Gasteiger partial charge in [0.1, 0.15) is 5.54 Å². The lowest BCUT2D eigenvalue weighted by Crippen LogP contribution is -2.53. The summed E-state index contributed by atoms with van der Waals surface area (Å²) in [6.45, 7) is 9.23. The second kappa shape index (κ2) is 6.80. The van der Waals surface area contributed by atoms with E-state index in [1.165, 1.54) is 0 Å². The van der Waals surface area contributed by atoms with Gasteiger partial charge in [0.15, 0.2) is 0 Å². The van der Waals surface area contributed by atoms with E-state index >= 15 is 0 Å². The molecule has 15 heavy (non-hydrogen) atoms. The third-order valence-corrected chi connectivity index (χ3v) is 2.08. The Hall–Kier alpha value is -0.610. The summed E-state index contributed by atoms with van der Waals surface area (Å²) in [4.78, 5) is 11.1. The number of hydrogen-bond acceptors (Lipinski definition) is 3. The van der Waals surface area contributed by atoms with Gasteiger partial charge in [0.25, 0.3) is 0 Å². The molecule has 1 atom stereocenters. The molecule has 0 aromatic carbocycles. The van der Waals surface area contributed by atoms with Crippen molar-refractivity contribution < 1.29 is 14.6 Å². The molecule has 4 heteroatoms.